The van der Waals surface area contributed by atoms with Crippen LogP contribution in [0.1, 0.15) is 11.3 Å². The van der Waals surface area contributed by atoms with Crippen molar-refractivity contribution >= 4 is 9.84 Å². The molecule has 0 unspecified atom stereocenters. The molecule has 0 bridgehead atoms. The third-order valence-electron chi connectivity index (χ3n) is 4.31. The number of sulfone groups is 1. The highest BCUT2D eigenvalue weighted by Gasteiger charge is 2.28. The van der Waals surface area contributed by atoms with E-state index in [1.54, 1.807) is 24.3 Å². The summed E-state index contributed by atoms with van der Waals surface area (Å²) in [5, 5.41) is 0. The van der Waals surface area contributed by atoms with Crippen LogP contribution in [-0.2, 0) is 16.9 Å². The van der Waals surface area contributed by atoms with E-state index < -0.39 is 9.84 Å². The van der Waals surface area contributed by atoms with Crippen LogP contribution < -0.4 is 0 Å². The minimum Gasteiger partial charge on any atom is -0.347 e. The molecule has 0 saturated carbocycles. The molecule has 0 atom stereocenters. The Hall–Kier alpha value is -2.33. The van der Waals surface area contributed by atoms with E-state index in [0.29, 0.717) is 9.79 Å². The second-order valence-corrected chi connectivity index (χ2v) is 7.52. The van der Waals surface area contributed by atoms with E-state index >= 15 is 0 Å². The number of nitrogens with zero attached hydrogens (tertiary/aromatic N) is 1. The van der Waals surface area contributed by atoms with E-state index in [-0.39, 0.29) is 0 Å². The molecule has 3 rings (SSSR count). The Labute approximate surface area is 137 Å². The monoisotopic (exact) mass is 325 g/mol. The van der Waals surface area contributed by atoms with Crippen LogP contribution in [0.15, 0.2) is 70.5 Å². The average molecular weight is 325 g/mol. The number of hydrogen-bond acceptors (Lipinski definition) is 2. The van der Waals surface area contributed by atoms with Gasteiger partial charge in [0.15, 0.2) is 0 Å². The molecule has 1 aromatic heterocycles. The van der Waals surface area contributed by atoms with E-state index in [1.165, 1.54) is 0 Å². The third kappa shape index (κ3) is 2.49. The summed E-state index contributed by atoms with van der Waals surface area (Å²) in [6, 6.07) is 18.3. The van der Waals surface area contributed by atoms with Crippen LogP contribution in [0.25, 0.3) is 11.3 Å². The maximum Gasteiger partial charge on any atom is 0.208 e. The summed E-state index contributed by atoms with van der Waals surface area (Å²) in [4.78, 5) is 0.723. The van der Waals surface area contributed by atoms with Crippen LogP contribution >= 0.6 is 0 Å². The number of rotatable bonds is 3. The standard InChI is InChI=1S/C19H19NO2S/c1-14-15(2)20(3)18(16-10-6-4-7-11-16)19(14)23(21,22)17-12-8-5-9-13-17/h4-13H,1-3H3. The molecule has 4 heteroatoms. The molecule has 0 fully saturated rings. The van der Waals surface area contributed by atoms with Crippen LogP contribution in [0.4, 0.5) is 0 Å². The molecular weight excluding hydrogens is 306 g/mol. The van der Waals surface area contributed by atoms with Crippen molar-refractivity contribution in [2.24, 2.45) is 7.05 Å². The first kappa shape index (κ1) is 15.6. The first-order chi connectivity index (χ1) is 10.9. The summed E-state index contributed by atoms with van der Waals surface area (Å²) in [5.74, 6) is 0. The van der Waals surface area contributed by atoms with E-state index in [4.69, 9.17) is 0 Å². The predicted molar refractivity (Wildman–Crippen MR) is 92.2 cm³/mol. The molecule has 0 aliphatic heterocycles. The van der Waals surface area contributed by atoms with Crippen molar-refractivity contribution in [1.29, 1.82) is 0 Å². The largest absolute Gasteiger partial charge is 0.347 e. The van der Waals surface area contributed by atoms with Gasteiger partial charge in [-0.2, -0.15) is 0 Å². The lowest BCUT2D eigenvalue weighted by atomic mass is 10.1. The van der Waals surface area contributed by atoms with Gasteiger partial charge in [-0.25, -0.2) is 8.42 Å². The maximum atomic E-state index is 13.2. The molecular formula is C19H19NO2S. The zero-order valence-electron chi connectivity index (χ0n) is 13.4. The summed E-state index contributed by atoms with van der Waals surface area (Å²) in [7, 11) is -1.66. The van der Waals surface area contributed by atoms with Gasteiger partial charge in [0.1, 0.15) is 4.90 Å². The first-order valence-electron chi connectivity index (χ1n) is 7.46. The zero-order valence-corrected chi connectivity index (χ0v) is 14.3. The number of benzene rings is 2. The van der Waals surface area contributed by atoms with Gasteiger partial charge >= 0.3 is 0 Å². The molecule has 0 saturated heterocycles. The van der Waals surface area contributed by atoms with Gasteiger partial charge in [0.25, 0.3) is 0 Å². The van der Waals surface area contributed by atoms with Gasteiger partial charge in [-0.1, -0.05) is 48.5 Å². The van der Waals surface area contributed by atoms with Gasteiger partial charge < -0.3 is 4.57 Å². The second kappa shape index (κ2) is 5.70. The predicted octanol–water partition coefficient (Wildman–Crippen LogP) is 4.14. The zero-order chi connectivity index (χ0) is 16.6. The van der Waals surface area contributed by atoms with Crippen LogP contribution in [0.5, 0.6) is 0 Å². The van der Waals surface area contributed by atoms with Crippen LogP contribution in [-0.4, -0.2) is 13.0 Å². The van der Waals surface area contributed by atoms with Crippen LogP contribution in [0, 0.1) is 13.8 Å². The highest BCUT2D eigenvalue weighted by atomic mass is 32.2. The highest BCUT2D eigenvalue weighted by molar-refractivity contribution is 7.91. The molecule has 0 amide bonds. The molecule has 0 aliphatic carbocycles. The Morgan fingerprint density at radius 2 is 1.35 bits per heavy atom. The smallest absolute Gasteiger partial charge is 0.208 e. The lowest BCUT2D eigenvalue weighted by Gasteiger charge is -2.10. The minimum absolute atomic E-state index is 0.325. The Balaban J connectivity index is 2.35. The average Bonchev–Trinajstić information content (AvgIpc) is 2.81. The molecule has 0 aliphatic rings. The Morgan fingerprint density at radius 3 is 1.91 bits per heavy atom. The fourth-order valence-corrected chi connectivity index (χ4v) is 4.69. The van der Waals surface area contributed by atoms with Crippen molar-refractivity contribution in [3.05, 3.63) is 71.9 Å². The number of hydrogen-bond donors (Lipinski definition) is 0. The molecule has 1 heterocycles. The van der Waals surface area contributed by atoms with Gasteiger partial charge in [-0.15, -0.1) is 0 Å². The highest BCUT2D eigenvalue weighted by Crippen LogP contribution is 2.36. The fraction of sp³-hybridized carbons (Fsp3) is 0.158. The molecule has 0 spiro atoms. The summed E-state index contributed by atoms with van der Waals surface area (Å²) >= 11 is 0. The van der Waals surface area contributed by atoms with E-state index in [2.05, 4.69) is 0 Å². The third-order valence-corrected chi connectivity index (χ3v) is 6.24. The van der Waals surface area contributed by atoms with E-state index in [0.717, 1.165) is 22.5 Å². The molecule has 3 aromatic rings. The topological polar surface area (TPSA) is 39.1 Å². The molecule has 2 aromatic carbocycles. The summed E-state index contributed by atoms with van der Waals surface area (Å²) in [5.41, 5.74) is 3.40. The van der Waals surface area contributed by atoms with Crippen molar-refractivity contribution in [2.75, 3.05) is 0 Å². The molecule has 0 N–H and O–H groups in total. The van der Waals surface area contributed by atoms with Crippen molar-refractivity contribution in [2.45, 2.75) is 23.6 Å². The lowest BCUT2D eigenvalue weighted by molar-refractivity contribution is 0.596. The Kier molecular flexibility index (Phi) is 3.86. The van der Waals surface area contributed by atoms with Gasteiger partial charge in [0.2, 0.25) is 9.84 Å². The maximum absolute atomic E-state index is 13.2. The van der Waals surface area contributed by atoms with Gasteiger partial charge in [0.05, 0.1) is 10.6 Å². The Morgan fingerprint density at radius 1 is 0.826 bits per heavy atom. The molecule has 0 radical (unpaired) electrons. The van der Waals surface area contributed by atoms with Gasteiger partial charge in [0, 0.05) is 12.7 Å². The normalized spacial score (nSPS) is 11.6. The van der Waals surface area contributed by atoms with Crippen molar-refractivity contribution in [3.8, 4) is 11.3 Å². The van der Waals surface area contributed by atoms with E-state index in [9.17, 15) is 8.42 Å². The Bertz CT molecular complexity index is 940. The SMILES string of the molecule is Cc1c(S(=O)(=O)c2ccccc2)c(-c2ccccc2)n(C)c1C. The van der Waals surface area contributed by atoms with E-state index in [1.807, 2.05) is 61.9 Å². The lowest BCUT2D eigenvalue weighted by Crippen LogP contribution is -2.05. The second-order valence-electron chi connectivity index (χ2n) is 5.63. The summed E-state index contributed by atoms with van der Waals surface area (Å²) in [6.45, 7) is 3.82. The molecule has 23 heavy (non-hydrogen) atoms. The van der Waals surface area contributed by atoms with Crippen molar-refractivity contribution in [3.63, 3.8) is 0 Å². The molecule has 3 nitrogen and oxygen atoms in total. The fourth-order valence-electron chi connectivity index (χ4n) is 2.88. The van der Waals surface area contributed by atoms with Crippen LogP contribution in [0.2, 0.25) is 0 Å². The van der Waals surface area contributed by atoms with Gasteiger partial charge in [-0.3, -0.25) is 0 Å². The first-order valence-corrected chi connectivity index (χ1v) is 8.94. The van der Waals surface area contributed by atoms with Crippen molar-refractivity contribution in [1.82, 2.24) is 4.57 Å². The van der Waals surface area contributed by atoms with Gasteiger partial charge in [-0.05, 0) is 37.1 Å². The quantitative estimate of drug-likeness (QED) is 0.726. The van der Waals surface area contributed by atoms with Crippen molar-refractivity contribution < 1.29 is 8.42 Å². The molecule has 118 valence electrons. The number of aromatic nitrogens is 1. The summed E-state index contributed by atoms with van der Waals surface area (Å²) in [6.07, 6.45) is 0. The summed E-state index contributed by atoms with van der Waals surface area (Å²) < 4.78 is 28.4. The van der Waals surface area contributed by atoms with Crippen LogP contribution in [0.3, 0.4) is 0 Å². The minimum atomic E-state index is -3.57.